The quantitative estimate of drug-likeness (QED) is 0.439. The standard InChI is InChI=1S/C10H16O/c1-8-4-5-10(3,6-7-11)9(8)2/h7,9H,1,4-6H2,2-3H3/t9-,10+/m0/s1. The molecule has 0 saturated heterocycles. The number of allylic oxidation sites excluding steroid dienone is 1. The summed E-state index contributed by atoms with van der Waals surface area (Å²) in [4.78, 5) is 10.4. The fourth-order valence-electron chi connectivity index (χ4n) is 1.84. The van der Waals surface area contributed by atoms with Gasteiger partial charge >= 0.3 is 0 Å². The fraction of sp³-hybridized carbons (Fsp3) is 0.700. The van der Waals surface area contributed by atoms with Crippen molar-refractivity contribution in [1.29, 1.82) is 0 Å². The second-order valence-electron chi connectivity index (χ2n) is 3.90. The first-order valence-electron chi connectivity index (χ1n) is 4.21. The lowest BCUT2D eigenvalue weighted by molar-refractivity contribution is -0.110. The number of carbonyl (C=O) groups is 1. The van der Waals surface area contributed by atoms with Crippen molar-refractivity contribution >= 4 is 6.29 Å². The molecule has 1 aliphatic carbocycles. The Labute approximate surface area is 68.5 Å². The van der Waals surface area contributed by atoms with Crippen molar-refractivity contribution in [2.75, 3.05) is 0 Å². The zero-order chi connectivity index (χ0) is 8.48. The van der Waals surface area contributed by atoms with Gasteiger partial charge in [0.15, 0.2) is 0 Å². The first-order valence-corrected chi connectivity index (χ1v) is 4.21. The summed E-state index contributed by atoms with van der Waals surface area (Å²) in [7, 11) is 0. The zero-order valence-corrected chi connectivity index (χ0v) is 7.39. The summed E-state index contributed by atoms with van der Waals surface area (Å²) in [6.45, 7) is 8.36. The molecule has 0 amide bonds. The van der Waals surface area contributed by atoms with E-state index in [0.717, 1.165) is 19.1 Å². The van der Waals surface area contributed by atoms with E-state index in [1.54, 1.807) is 0 Å². The molecule has 0 aromatic carbocycles. The summed E-state index contributed by atoms with van der Waals surface area (Å²) in [5.41, 5.74) is 1.52. The molecule has 11 heavy (non-hydrogen) atoms. The van der Waals surface area contributed by atoms with Gasteiger partial charge in [0, 0.05) is 6.42 Å². The van der Waals surface area contributed by atoms with Crippen LogP contribution in [0.15, 0.2) is 12.2 Å². The molecule has 1 heteroatoms. The SMILES string of the molecule is C=C1CC[C@](C)(CC=O)[C@H]1C. The number of hydrogen-bond donors (Lipinski definition) is 0. The Morgan fingerprint density at radius 2 is 2.45 bits per heavy atom. The van der Waals surface area contributed by atoms with Gasteiger partial charge in [-0.1, -0.05) is 26.0 Å². The van der Waals surface area contributed by atoms with Crippen molar-refractivity contribution in [2.24, 2.45) is 11.3 Å². The second-order valence-corrected chi connectivity index (χ2v) is 3.90. The first kappa shape index (κ1) is 8.51. The topological polar surface area (TPSA) is 17.1 Å². The molecule has 0 bridgehead atoms. The van der Waals surface area contributed by atoms with Gasteiger partial charge < -0.3 is 4.79 Å². The van der Waals surface area contributed by atoms with Crippen molar-refractivity contribution in [3.63, 3.8) is 0 Å². The van der Waals surface area contributed by atoms with Crippen molar-refractivity contribution < 1.29 is 4.79 Å². The van der Waals surface area contributed by atoms with Crippen LogP contribution in [0, 0.1) is 11.3 Å². The molecule has 0 spiro atoms. The highest BCUT2D eigenvalue weighted by Crippen LogP contribution is 2.47. The molecule has 0 unspecified atom stereocenters. The van der Waals surface area contributed by atoms with E-state index in [-0.39, 0.29) is 5.41 Å². The minimum atomic E-state index is 0.207. The van der Waals surface area contributed by atoms with E-state index < -0.39 is 0 Å². The summed E-state index contributed by atoms with van der Waals surface area (Å²) in [6, 6.07) is 0. The zero-order valence-electron chi connectivity index (χ0n) is 7.39. The van der Waals surface area contributed by atoms with E-state index in [1.807, 2.05) is 0 Å². The lowest BCUT2D eigenvalue weighted by Gasteiger charge is -2.26. The Morgan fingerprint density at radius 1 is 1.82 bits per heavy atom. The van der Waals surface area contributed by atoms with E-state index in [9.17, 15) is 4.79 Å². The largest absolute Gasteiger partial charge is 0.303 e. The highest BCUT2D eigenvalue weighted by molar-refractivity contribution is 5.51. The summed E-state index contributed by atoms with van der Waals surface area (Å²) < 4.78 is 0. The van der Waals surface area contributed by atoms with Gasteiger partial charge in [0.2, 0.25) is 0 Å². The fourth-order valence-corrected chi connectivity index (χ4v) is 1.84. The average molecular weight is 152 g/mol. The van der Waals surface area contributed by atoms with E-state index >= 15 is 0 Å². The number of aldehydes is 1. The summed E-state index contributed by atoms with van der Waals surface area (Å²) in [6.07, 6.45) is 3.96. The molecule has 1 aliphatic rings. The van der Waals surface area contributed by atoms with Crippen LogP contribution in [0.4, 0.5) is 0 Å². The Morgan fingerprint density at radius 3 is 2.82 bits per heavy atom. The normalized spacial score (nSPS) is 37.6. The molecule has 2 atom stereocenters. The lowest BCUT2D eigenvalue weighted by Crippen LogP contribution is -2.20. The van der Waals surface area contributed by atoms with Crippen LogP contribution in [0.1, 0.15) is 33.1 Å². The van der Waals surface area contributed by atoms with E-state index in [1.165, 1.54) is 5.57 Å². The van der Waals surface area contributed by atoms with Gasteiger partial charge in [-0.2, -0.15) is 0 Å². The molecule has 1 rings (SSSR count). The molecular weight excluding hydrogens is 136 g/mol. The highest BCUT2D eigenvalue weighted by atomic mass is 16.1. The molecule has 1 nitrogen and oxygen atoms in total. The van der Waals surface area contributed by atoms with Crippen LogP contribution in [-0.2, 0) is 4.79 Å². The maximum absolute atomic E-state index is 10.4. The smallest absolute Gasteiger partial charge is 0.120 e. The van der Waals surface area contributed by atoms with Crippen LogP contribution in [0.2, 0.25) is 0 Å². The van der Waals surface area contributed by atoms with Crippen molar-refractivity contribution in [3.05, 3.63) is 12.2 Å². The molecule has 0 aromatic rings. The molecule has 0 N–H and O–H groups in total. The summed E-state index contributed by atoms with van der Waals surface area (Å²) in [5, 5.41) is 0. The van der Waals surface area contributed by atoms with E-state index in [4.69, 9.17) is 0 Å². The van der Waals surface area contributed by atoms with E-state index in [2.05, 4.69) is 20.4 Å². The van der Waals surface area contributed by atoms with Crippen LogP contribution in [-0.4, -0.2) is 6.29 Å². The predicted molar refractivity (Wildman–Crippen MR) is 46.3 cm³/mol. The average Bonchev–Trinajstić information content (AvgIpc) is 2.19. The van der Waals surface area contributed by atoms with Gasteiger partial charge in [0.1, 0.15) is 6.29 Å². The Balaban J connectivity index is 2.71. The van der Waals surface area contributed by atoms with Crippen LogP contribution < -0.4 is 0 Å². The maximum Gasteiger partial charge on any atom is 0.120 e. The van der Waals surface area contributed by atoms with Gasteiger partial charge in [-0.05, 0) is 24.2 Å². The third-order valence-corrected chi connectivity index (χ3v) is 3.22. The van der Waals surface area contributed by atoms with Gasteiger partial charge in [0.05, 0.1) is 0 Å². The predicted octanol–water partition coefficient (Wildman–Crippen LogP) is 2.57. The summed E-state index contributed by atoms with van der Waals surface area (Å²) in [5.74, 6) is 0.521. The van der Waals surface area contributed by atoms with Gasteiger partial charge in [-0.25, -0.2) is 0 Å². The molecule has 0 radical (unpaired) electrons. The monoisotopic (exact) mass is 152 g/mol. The molecule has 1 fully saturated rings. The molecule has 0 aromatic heterocycles. The minimum Gasteiger partial charge on any atom is -0.303 e. The van der Waals surface area contributed by atoms with Crippen molar-refractivity contribution in [2.45, 2.75) is 33.1 Å². The van der Waals surface area contributed by atoms with Crippen LogP contribution in [0.3, 0.4) is 0 Å². The Bertz CT molecular complexity index is 183. The maximum atomic E-state index is 10.4. The van der Waals surface area contributed by atoms with Gasteiger partial charge in [-0.3, -0.25) is 0 Å². The third-order valence-electron chi connectivity index (χ3n) is 3.22. The number of carbonyl (C=O) groups excluding carboxylic acids is 1. The molecular formula is C10H16O. The molecule has 62 valence electrons. The summed E-state index contributed by atoms with van der Waals surface area (Å²) >= 11 is 0. The van der Waals surface area contributed by atoms with Crippen LogP contribution in [0.5, 0.6) is 0 Å². The number of hydrogen-bond acceptors (Lipinski definition) is 1. The number of rotatable bonds is 2. The van der Waals surface area contributed by atoms with Crippen molar-refractivity contribution in [3.8, 4) is 0 Å². The van der Waals surface area contributed by atoms with Gasteiger partial charge in [-0.15, -0.1) is 0 Å². The van der Waals surface area contributed by atoms with Gasteiger partial charge in [0.25, 0.3) is 0 Å². The van der Waals surface area contributed by atoms with E-state index in [0.29, 0.717) is 12.3 Å². The Hall–Kier alpha value is -0.590. The second kappa shape index (κ2) is 2.80. The molecule has 0 heterocycles. The minimum absolute atomic E-state index is 0.207. The molecule has 1 saturated carbocycles. The van der Waals surface area contributed by atoms with Crippen LogP contribution in [0.25, 0.3) is 0 Å². The lowest BCUT2D eigenvalue weighted by atomic mass is 9.78. The Kier molecular flexibility index (Phi) is 2.17. The van der Waals surface area contributed by atoms with Crippen molar-refractivity contribution in [1.82, 2.24) is 0 Å². The highest BCUT2D eigenvalue weighted by Gasteiger charge is 2.37. The molecule has 0 aliphatic heterocycles. The first-order chi connectivity index (χ1) is 5.10. The third kappa shape index (κ3) is 1.37. The van der Waals surface area contributed by atoms with Crippen LogP contribution >= 0.6 is 0 Å².